The predicted octanol–water partition coefficient (Wildman–Crippen LogP) is 0.424. The molecule has 25 heavy (non-hydrogen) atoms. The maximum absolute atomic E-state index is 12.5. The zero-order valence-corrected chi connectivity index (χ0v) is 14.4. The number of amides is 1. The Morgan fingerprint density at radius 3 is 2.80 bits per heavy atom. The standard InChI is InChI=1S/C17H23N5O3/c1-24-14-4-2-3-13(9-14)10-17(23)22-7-5-21(6-8-22)12-15-19-16(11-18)25-20-15/h2-4,9H,5-8,10-12,18H2,1H3. The summed E-state index contributed by atoms with van der Waals surface area (Å²) in [6.07, 6.45) is 0.391. The molecule has 1 amide bonds. The van der Waals surface area contributed by atoms with E-state index in [9.17, 15) is 4.79 Å². The van der Waals surface area contributed by atoms with E-state index in [1.165, 1.54) is 0 Å². The molecule has 2 N–H and O–H groups in total. The first-order chi connectivity index (χ1) is 12.2. The second-order valence-corrected chi connectivity index (χ2v) is 5.99. The van der Waals surface area contributed by atoms with Gasteiger partial charge in [-0.2, -0.15) is 4.98 Å². The molecule has 134 valence electrons. The van der Waals surface area contributed by atoms with E-state index < -0.39 is 0 Å². The van der Waals surface area contributed by atoms with Crippen molar-refractivity contribution in [2.24, 2.45) is 5.73 Å². The molecular formula is C17H23N5O3. The van der Waals surface area contributed by atoms with Gasteiger partial charge in [-0.15, -0.1) is 0 Å². The van der Waals surface area contributed by atoms with Crippen molar-refractivity contribution < 1.29 is 14.1 Å². The molecule has 3 rings (SSSR count). The summed E-state index contributed by atoms with van der Waals surface area (Å²) >= 11 is 0. The molecule has 1 aromatic heterocycles. The van der Waals surface area contributed by atoms with Crippen LogP contribution in [-0.2, 0) is 24.3 Å². The SMILES string of the molecule is COc1cccc(CC(=O)N2CCN(Cc3noc(CN)n3)CC2)c1. The van der Waals surface area contributed by atoms with Gasteiger partial charge in [0.1, 0.15) is 5.75 Å². The number of hydrogen-bond acceptors (Lipinski definition) is 7. The molecule has 1 fully saturated rings. The molecule has 0 atom stereocenters. The number of benzene rings is 1. The lowest BCUT2D eigenvalue weighted by Gasteiger charge is -2.34. The zero-order chi connectivity index (χ0) is 17.6. The molecule has 0 unspecified atom stereocenters. The van der Waals surface area contributed by atoms with Crippen molar-refractivity contribution in [1.82, 2.24) is 19.9 Å². The van der Waals surface area contributed by atoms with Gasteiger partial charge in [-0.3, -0.25) is 9.69 Å². The number of aromatic nitrogens is 2. The van der Waals surface area contributed by atoms with E-state index in [4.69, 9.17) is 15.0 Å². The Morgan fingerprint density at radius 2 is 2.12 bits per heavy atom. The van der Waals surface area contributed by atoms with E-state index in [0.29, 0.717) is 37.8 Å². The highest BCUT2D eigenvalue weighted by Crippen LogP contribution is 2.14. The van der Waals surface area contributed by atoms with Gasteiger partial charge >= 0.3 is 0 Å². The van der Waals surface area contributed by atoms with E-state index in [2.05, 4.69) is 15.0 Å². The highest BCUT2D eigenvalue weighted by Gasteiger charge is 2.22. The van der Waals surface area contributed by atoms with Crippen LogP contribution in [0, 0.1) is 0 Å². The first kappa shape index (κ1) is 17.4. The molecule has 1 aliphatic heterocycles. The van der Waals surface area contributed by atoms with Crippen LogP contribution in [0.5, 0.6) is 5.75 Å². The van der Waals surface area contributed by atoms with Crippen LogP contribution in [0.1, 0.15) is 17.3 Å². The summed E-state index contributed by atoms with van der Waals surface area (Å²) in [5.41, 5.74) is 6.43. The van der Waals surface area contributed by atoms with Crippen molar-refractivity contribution in [3.63, 3.8) is 0 Å². The van der Waals surface area contributed by atoms with Crippen molar-refractivity contribution in [2.45, 2.75) is 19.5 Å². The summed E-state index contributed by atoms with van der Waals surface area (Å²) in [5, 5.41) is 3.91. The molecule has 2 heterocycles. The number of nitrogens with two attached hydrogens (primary N) is 1. The Hall–Kier alpha value is -2.45. The minimum Gasteiger partial charge on any atom is -0.497 e. The Kier molecular flexibility index (Phi) is 5.62. The van der Waals surface area contributed by atoms with Crippen LogP contribution < -0.4 is 10.5 Å². The molecule has 0 bridgehead atoms. The van der Waals surface area contributed by atoms with Crippen LogP contribution in [0.4, 0.5) is 0 Å². The van der Waals surface area contributed by atoms with Gasteiger partial charge in [-0.05, 0) is 17.7 Å². The third kappa shape index (κ3) is 4.55. The zero-order valence-electron chi connectivity index (χ0n) is 14.4. The highest BCUT2D eigenvalue weighted by molar-refractivity contribution is 5.79. The third-order valence-electron chi connectivity index (χ3n) is 4.26. The summed E-state index contributed by atoms with van der Waals surface area (Å²) in [7, 11) is 1.63. The van der Waals surface area contributed by atoms with Gasteiger partial charge in [-0.25, -0.2) is 0 Å². The molecule has 1 saturated heterocycles. The normalized spacial score (nSPS) is 15.4. The van der Waals surface area contributed by atoms with Gasteiger partial charge in [0.25, 0.3) is 0 Å². The number of methoxy groups -OCH3 is 1. The van der Waals surface area contributed by atoms with E-state index in [1.807, 2.05) is 29.2 Å². The largest absolute Gasteiger partial charge is 0.497 e. The van der Waals surface area contributed by atoms with Crippen LogP contribution >= 0.6 is 0 Å². The molecule has 8 heteroatoms. The minimum atomic E-state index is 0.137. The second kappa shape index (κ2) is 8.09. The third-order valence-corrected chi connectivity index (χ3v) is 4.26. The minimum absolute atomic E-state index is 0.137. The fourth-order valence-corrected chi connectivity index (χ4v) is 2.86. The van der Waals surface area contributed by atoms with Crippen LogP contribution in [0.3, 0.4) is 0 Å². The monoisotopic (exact) mass is 345 g/mol. The maximum atomic E-state index is 12.5. The van der Waals surface area contributed by atoms with Gasteiger partial charge in [-0.1, -0.05) is 17.3 Å². The number of carbonyl (C=O) groups is 1. The second-order valence-electron chi connectivity index (χ2n) is 5.99. The van der Waals surface area contributed by atoms with Crippen molar-refractivity contribution in [3.05, 3.63) is 41.5 Å². The van der Waals surface area contributed by atoms with Crippen LogP contribution in [0.2, 0.25) is 0 Å². The molecule has 0 spiro atoms. The van der Waals surface area contributed by atoms with Crippen LogP contribution in [0.25, 0.3) is 0 Å². The average molecular weight is 345 g/mol. The molecule has 1 aromatic carbocycles. The fourth-order valence-electron chi connectivity index (χ4n) is 2.86. The van der Waals surface area contributed by atoms with Gasteiger partial charge in [0.15, 0.2) is 5.82 Å². The molecule has 8 nitrogen and oxygen atoms in total. The van der Waals surface area contributed by atoms with Gasteiger partial charge in [0.05, 0.1) is 26.6 Å². The lowest BCUT2D eigenvalue weighted by Crippen LogP contribution is -2.48. The van der Waals surface area contributed by atoms with Crippen molar-refractivity contribution >= 4 is 5.91 Å². The quantitative estimate of drug-likeness (QED) is 0.810. The first-order valence-corrected chi connectivity index (χ1v) is 8.32. The molecule has 0 aliphatic carbocycles. The number of ether oxygens (including phenoxy) is 1. The van der Waals surface area contributed by atoms with Gasteiger partial charge < -0.3 is 19.9 Å². The Morgan fingerprint density at radius 1 is 1.32 bits per heavy atom. The number of rotatable bonds is 6. The number of piperazine rings is 1. The summed E-state index contributed by atoms with van der Waals surface area (Å²) in [6.45, 7) is 3.84. The molecule has 1 aliphatic rings. The van der Waals surface area contributed by atoms with Gasteiger partial charge in [0, 0.05) is 26.2 Å². The summed E-state index contributed by atoms with van der Waals surface area (Å²) in [5.74, 6) is 1.99. The Balaban J connectivity index is 1.48. The van der Waals surface area contributed by atoms with Crippen molar-refractivity contribution in [3.8, 4) is 5.75 Å². The smallest absolute Gasteiger partial charge is 0.240 e. The van der Waals surface area contributed by atoms with Crippen LogP contribution in [0.15, 0.2) is 28.8 Å². The summed E-state index contributed by atoms with van der Waals surface area (Å²) in [4.78, 5) is 20.8. The van der Waals surface area contributed by atoms with Crippen molar-refractivity contribution in [1.29, 1.82) is 0 Å². The maximum Gasteiger partial charge on any atom is 0.240 e. The number of carbonyl (C=O) groups excluding carboxylic acids is 1. The summed E-state index contributed by atoms with van der Waals surface area (Å²) in [6, 6.07) is 7.63. The Labute approximate surface area is 146 Å². The lowest BCUT2D eigenvalue weighted by molar-refractivity contribution is -0.132. The number of hydrogen-bond donors (Lipinski definition) is 1. The van der Waals surface area contributed by atoms with Crippen LogP contribution in [-0.4, -0.2) is 59.1 Å². The average Bonchev–Trinajstić information content (AvgIpc) is 3.10. The fraction of sp³-hybridized carbons (Fsp3) is 0.471. The van der Waals surface area contributed by atoms with Crippen molar-refractivity contribution in [2.75, 3.05) is 33.3 Å². The molecule has 0 radical (unpaired) electrons. The Bertz CT molecular complexity index is 710. The first-order valence-electron chi connectivity index (χ1n) is 8.32. The van der Waals surface area contributed by atoms with E-state index >= 15 is 0 Å². The van der Waals surface area contributed by atoms with Gasteiger partial charge in [0.2, 0.25) is 11.8 Å². The summed E-state index contributed by atoms with van der Waals surface area (Å²) < 4.78 is 10.2. The number of nitrogens with zero attached hydrogens (tertiary/aromatic N) is 4. The van der Waals surface area contributed by atoms with E-state index in [1.54, 1.807) is 7.11 Å². The molecular weight excluding hydrogens is 322 g/mol. The lowest BCUT2D eigenvalue weighted by atomic mass is 10.1. The predicted molar refractivity (Wildman–Crippen MR) is 90.7 cm³/mol. The topological polar surface area (TPSA) is 97.7 Å². The van der Waals surface area contributed by atoms with E-state index in [-0.39, 0.29) is 12.5 Å². The van der Waals surface area contributed by atoms with E-state index in [0.717, 1.165) is 24.4 Å². The highest BCUT2D eigenvalue weighted by atomic mass is 16.5. The molecule has 2 aromatic rings. The molecule has 0 saturated carbocycles.